The molecule has 0 bridgehead atoms. The highest BCUT2D eigenvalue weighted by molar-refractivity contribution is 5.83. The molecule has 0 aromatic heterocycles. The molecule has 0 aromatic rings. The van der Waals surface area contributed by atoms with E-state index in [2.05, 4.69) is 5.32 Å². The Labute approximate surface area is 155 Å². The Morgan fingerprint density at radius 1 is 1.27 bits per heavy atom. The molecule has 1 heterocycles. The first-order valence-corrected chi connectivity index (χ1v) is 9.11. The molecule has 2 amide bonds. The molecule has 1 aliphatic heterocycles. The minimum Gasteiger partial charge on any atom is -0.467 e. The Balaban J connectivity index is 2.86. The highest BCUT2D eigenvalue weighted by Gasteiger charge is 2.50. The van der Waals surface area contributed by atoms with Crippen LogP contribution in [0.5, 0.6) is 0 Å². The van der Waals surface area contributed by atoms with E-state index < -0.39 is 29.3 Å². The van der Waals surface area contributed by atoms with E-state index in [4.69, 9.17) is 9.47 Å². The number of nitrogens with zero attached hydrogens (tertiary/aromatic N) is 1. The maximum Gasteiger partial charge on any atom is 0.410 e. The van der Waals surface area contributed by atoms with Crippen LogP contribution in [0.1, 0.15) is 59.8 Å². The fraction of sp³-hybridized carbons (Fsp3) is 0.833. The van der Waals surface area contributed by atoms with Gasteiger partial charge < -0.3 is 24.8 Å². The predicted molar refractivity (Wildman–Crippen MR) is 95.5 cm³/mol. The molecule has 8 nitrogen and oxygen atoms in total. The van der Waals surface area contributed by atoms with Gasteiger partial charge >= 0.3 is 12.1 Å². The highest BCUT2D eigenvalue weighted by atomic mass is 16.6. The van der Waals surface area contributed by atoms with Gasteiger partial charge in [0, 0.05) is 25.9 Å². The van der Waals surface area contributed by atoms with E-state index in [1.807, 2.05) is 6.92 Å². The number of carbonyl (C=O) groups excluding carboxylic acids is 3. The van der Waals surface area contributed by atoms with Crippen LogP contribution in [0.3, 0.4) is 0 Å². The molecular formula is C18H32N2O6. The van der Waals surface area contributed by atoms with Crippen molar-refractivity contribution in [1.29, 1.82) is 0 Å². The Bertz CT molecular complexity index is 516. The normalized spacial score (nSPS) is 23.3. The molecule has 0 saturated carbocycles. The Hall–Kier alpha value is -1.83. The average Bonchev–Trinajstić information content (AvgIpc) is 2.54. The van der Waals surface area contributed by atoms with Crippen LogP contribution >= 0.6 is 0 Å². The summed E-state index contributed by atoms with van der Waals surface area (Å²) in [5.74, 6) is -1.09. The summed E-state index contributed by atoms with van der Waals surface area (Å²) in [6, 6.07) is -0.953. The van der Waals surface area contributed by atoms with Crippen LogP contribution in [0, 0.1) is 0 Å². The average molecular weight is 372 g/mol. The topological polar surface area (TPSA) is 105 Å². The van der Waals surface area contributed by atoms with Gasteiger partial charge in [0.2, 0.25) is 5.91 Å². The van der Waals surface area contributed by atoms with Gasteiger partial charge in [0.05, 0.1) is 13.2 Å². The second-order valence-electron chi connectivity index (χ2n) is 7.67. The molecule has 1 saturated heterocycles. The van der Waals surface area contributed by atoms with Crippen LogP contribution in [0.2, 0.25) is 0 Å². The van der Waals surface area contributed by atoms with Gasteiger partial charge in [0.25, 0.3) is 0 Å². The molecular weight excluding hydrogens is 340 g/mol. The first kappa shape index (κ1) is 22.2. The van der Waals surface area contributed by atoms with E-state index in [0.29, 0.717) is 6.42 Å². The molecule has 0 aromatic carbocycles. The number of piperidine rings is 1. The SMILES string of the molecule is CCCCCC(=O)N[C@H]1CN(C(=O)OC(C)(C)C)CC[C@]1(O)C(=O)OC. The highest BCUT2D eigenvalue weighted by Crippen LogP contribution is 2.26. The van der Waals surface area contributed by atoms with Crippen LogP contribution in [-0.4, -0.2) is 65.4 Å². The largest absolute Gasteiger partial charge is 0.467 e. The molecule has 0 radical (unpaired) electrons. The number of nitrogens with one attached hydrogen (secondary N) is 1. The molecule has 26 heavy (non-hydrogen) atoms. The molecule has 0 aliphatic carbocycles. The van der Waals surface area contributed by atoms with Crippen molar-refractivity contribution in [3.05, 3.63) is 0 Å². The lowest BCUT2D eigenvalue weighted by molar-refractivity contribution is -0.171. The minimum atomic E-state index is -1.87. The maximum absolute atomic E-state index is 12.3. The fourth-order valence-corrected chi connectivity index (χ4v) is 2.82. The van der Waals surface area contributed by atoms with Crippen molar-refractivity contribution in [2.24, 2.45) is 0 Å². The summed E-state index contributed by atoms with van der Waals surface area (Å²) in [5.41, 5.74) is -2.53. The van der Waals surface area contributed by atoms with Gasteiger partial charge in [-0.15, -0.1) is 0 Å². The number of rotatable bonds is 6. The molecule has 0 unspecified atom stereocenters. The van der Waals surface area contributed by atoms with Crippen LogP contribution < -0.4 is 5.32 Å². The number of carbonyl (C=O) groups is 3. The zero-order valence-electron chi connectivity index (χ0n) is 16.5. The first-order valence-electron chi connectivity index (χ1n) is 9.11. The lowest BCUT2D eigenvalue weighted by atomic mass is 9.86. The standard InChI is InChI=1S/C18H32N2O6/c1-6-7-8-9-14(21)19-13-12-20(16(23)26-17(2,3)4)11-10-18(13,24)15(22)25-5/h13,24H,6-12H2,1-5H3,(H,19,21)/t13-,18+/m0/s1. The zero-order chi connectivity index (χ0) is 20.0. The van der Waals surface area contributed by atoms with Crippen molar-refractivity contribution in [1.82, 2.24) is 10.2 Å². The summed E-state index contributed by atoms with van der Waals surface area (Å²) in [6.45, 7) is 7.41. The number of hydrogen-bond donors (Lipinski definition) is 2. The Morgan fingerprint density at radius 3 is 2.46 bits per heavy atom. The number of aliphatic hydroxyl groups is 1. The third-order valence-electron chi connectivity index (χ3n) is 4.28. The molecule has 2 N–H and O–H groups in total. The van der Waals surface area contributed by atoms with Crippen molar-refractivity contribution in [3.8, 4) is 0 Å². The molecule has 8 heteroatoms. The van der Waals surface area contributed by atoms with Crippen molar-refractivity contribution in [2.75, 3.05) is 20.2 Å². The summed E-state index contributed by atoms with van der Waals surface area (Å²) in [5, 5.41) is 13.5. The van der Waals surface area contributed by atoms with Gasteiger partial charge in [0.1, 0.15) is 5.60 Å². The quantitative estimate of drug-likeness (QED) is 0.542. The number of ether oxygens (including phenoxy) is 2. The third kappa shape index (κ3) is 6.16. The van der Waals surface area contributed by atoms with Crippen LogP contribution in [0.4, 0.5) is 4.79 Å². The Kier molecular flexibility index (Phi) is 7.87. The van der Waals surface area contributed by atoms with E-state index >= 15 is 0 Å². The summed E-state index contributed by atoms with van der Waals surface area (Å²) in [4.78, 5) is 38.0. The van der Waals surface area contributed by atoms with Crippen molar-refractivity contribution in [2.45, 2.75) is 77.0 Å². The minimum absolute atomic E-state index is 0.0277. The van der Waals surface area contributed by atoms with E-state index in [1.165, 1.54) is 12.0 Å². The van der Waals surface area contributed by atoms with Crippen LogP contribution in [-0.2, 0) is 19.1 Å². The summed E-state index contributed by atoms with van der Waals surface area (Å²) >= 11 is 0. The van der Waals surface area contributed by atoms with Gasteiger partial charge in [-0.1, -0.05) is 19.8 Å². The molecule has 1 aliphatic rings. The molecule has 1 rings (SSSR count). The summed E-state index contributed by atoms with van der Waals surface area (Å²) < 4.78 is 10.0. The molecule has 1 fully saturated rings. The van der Waals surface area contributed by atoms with Crippen molar-refractivity contribution < 1.29 is 29.0 Å². The maximum atomic E-state index is 12.3. The van der Waals surface area contributed by atoms with Crippen molar-refractivity contribution in [3.63, 3.8) is 0 Å². The number of methoxy groups -OCH3 is 1. The van der Waals surface area contributed by atoms with E-state index in [-0.39, 0.29) is 25.4 Å². The Morgan fingerprint density at radius 2 is 1.92 bits per heavy atom. The van der Waals surface area contributed by atoms with Crippen molar-refractivity contribution >= 4 is 18.0 Å². The lowest BCUT2D eigenvalue weighted by Crippen LogP contribution is -2.66. The lowest BCUT2D eigenvalue weighted by Gasteiger charge is -2.42. The van der Waals surface area contributed by atoms with Gasteiger partial charge in [0.15, 0.2) is 5.60 Å². The van der Waals surface area contributed by atoms with E-state index in [1.54, 1.807) is 20.8 Å². The molecule has 2 atom stereocenters. The first-order chi connectivity index (χ1) is 12.0. The fourth-order valence-electron chi connectivity index (χ4n) is 2.82. The van der Waals surface area contributed by atoms with E-state index in [0.717, 1.165) is 19.3 Å². The number of hydrogen-bond acceptors (Lipinski definition) is 6. The monoisotopic (exact) mass is 372 g/mol. The number of amides is 2. The summed E-state index contributed by atoms with van der Waals surface area (Å²) in [6.07, 6.45) is 2.34. The number of likely N-dealkylation sites (tertiary alicyclic amines) is 1. The van der Waals surface area contributed by atoms with Gasteiger partial charge in [-0.2, -0.15) is 0 Å². The van der Waals surface area contributed by atoms with Crippen LogP contribution in [0.25, 0.3) is 0 Å². The number of esters is 1. The van der Waals surface area contributed by atoms with Crippen LogP contribution in [0.15, 0.2) is 0 Å². The second kappa shape index (κ2) is 9.21. The predicted octanol–water partition coefficient (Wildman–Crippen LogP) is 1.60. The third-order valence-corrected chi connectivity index (χ3v) is 4.28. The zero-order valence-corrected chi connectivity index (χ0v) is 16.5. The number of unbranched alkanes of at least 4 members (excludes halogenated alkanes) is 2. The molecule has 150 valence electrons. The van der Waals surface area contributed by atoms with Gasteiger partial charge in [-0.05, 0) is 27.2 Å². The second-order valence-corrected chi connectivity index (χ2v) is 7.67. The summed E-state index contributed by atoms with van der Waals surface area (Å²) in [7, 11) is 1.18. The molecule has 0 spiro atoms. The smallest absolute Gasteiger partial charge is 0.410 e. The van der Waals surface area contributed by atoms with Gasteiger partial charge in [-0.25, -0.2) is 9.59 Å². The van der Waals surface area contributed by atoms with Gasteiger partial charge in [-0.3, -0.25) is 4.79 Å². The van der Waals surface area contributed by atoms with E-state index in [9.17, 15) is 19.5 Å².